The summed E-state index contributed by atoms with van der Waals surface area (Å²) in [7, 11) is 1.32. The van der Waals surface area contributed by atoms with Crippen LogP contribution in [-0.4, -0.2) is 37.2 Å². The molecule has 1 amide bonds. The molecule has 146 valence electrons. The molecule has 8 heteroatoms. The summed E-state index contributed by atoms with van der Waals surface area (Å²) in [5.74, 6) is -1.05. The standard InChI is InChI=1S/C20H18ClF2N3O2/c1-28-20(27)25-7-6-17(12-25)26(11-14-8-15(22)3-5-19(14)23)16-4-2-13(10-24)18(21)9-16/h2-5,8-9,17H,6-7,11-12H2,1H3/t17-/m1/s1. The summed E-state index contributed by atoms with van der Waals surface area (Å²) in [5, 5.41) is 9.36. The van der Waals surface area contributed by atoms with Crippen molar-refractivity contribution >= 4 is 23.4 Å². The number of carbonyl (C=O) groups excluding carboxylic acids is 1. The number of hydrogen-bond acceptors (Lipinski definition) is 4. The van der Waals surface area contributed by atoms with Crippen LogP contribution in [0.5, 0.6) is 0 Å². The molecule has 0 aliphatic carbocycles. The van der Waals surface area contributed by atoms with E-state index in [4.69, 9.17) is 21.6 Å². The fraction of sp³-hybridized carbons (Fsp3) is 0.300. The van der Waals surface area contributed by atoms with Gasteiger partial charge in [-0.25, -0.2) is 13.6 Å². The molecule has 0 spiro atoms. The highest BCUT2D eigenvalue weighted by Gasteiger charge is 2.32. The maximum atomic E-state index is 14.2. The van der Waals surface area contributed by atoms with Gasteiger partial charge in [0, 0.05) is 36.9 Å². The van der Waals surface area contributed by atoms with Gasteiger partial charge in [-0.15, -0.1) is 0 Å². The molecule has 2 aromatic carbocycles. The van der Waals surface area contributed by atoms with E-state index in [1.165, 1.54) is 7.11 Å². The minimum Gasteiger partial charge on any atom is -0.453 e. The number of nitrogens with zero attached hydrogens (tertiary/aromatic N) is 3. The number of rotatable bonds is 4. The zero-order valence-corrected chi connectivity index (χ0v) is 15.9. The lowest BCUT2D eigenvalue weighted by Gasteiger charge is -2.31. The number of ether oxygens (including phenoxy) is 1. The lowest BCUT2D eigenvalue weighted by Crippen LogP contribution is -2.39. The summed E-state index contributed by atoms with van der Waals surface area (Å²) in [4.78, 5) is 15.3. The van der Waals surface area contributed by atoms with Crippen LogP contribution < -0.4 is 4.90 Å². The monoisotopic (exact) mass is 405 g/mol. The molecule has 1 atom stereocenters. The first kappa shape index (κ1) is 19.9. The molecule has 3 rings (SSSR count). The Labute approximate surface area is 166 Å². The van der Waals surface area contributed by atoms with Crippen molar-refractivity contribution < 1.29 is 18.3 Å². The van der Waals surface area contributed by atoms with Crippen LogP contribution in [0.15, 0.2) is 36.4 Å². The first-order valence-electron chi connectivity index (χ1n) is 8.66. The number of benzene rings is 2. The van der Waals surface area contributed by atoms with Crippen LogP contribution >= 0.6 is 11.6 Å². The molecule has 0 N–H and O–H groups in total. The molecule has 5 nitrogen and oxygen atoms in total. The molecule has 0 radical (unpaired) electrons. The average Bonchev–Trinajstić information content (AvgIpc) is 3.17. The second kappa shape index (κ2) is 8.44. The Hall–Kier alpha value is -2.85. The van der Waals surface area contributed by atoms with Crippen molar-refractivity contribution in [3.8, 4) is 6.07 Å². The lowest BCUT2D eigenvalue weighted by atomic mass is 10.1. The minimum atomic E-state index is -0.531. The second-order valence-electron chi connectivity index (χ2n) is 6.50. The Bertz CT molecular complexity index is 932. The smallest absolute Gasteiger partial charge is 0.409 e. The summed E-state index contributed by atoms with van der Waals surface area (Å²) in [6.45, 7) is 0.955. The third-order valence-corrected chi connectivity index (χ3v) is 5.10. The quantitative estimate of drug-likeness (QED) is 0.759. The van der Waals surface area contributed by atoms with E-state index < -0.39 is 17.7 Å². The van der Waals surface area contributed by atoms with E-state index in [0.29, 0.717) is 30.8 Å². The number of amides is 1. The maximum absolute atomic E-state index is 14.2. The van der Waals surface area contributed by atoms with E-state index in [1.807, 2.05) is 11.0 Å². The van der Waals surface area contributed by atoms with Gasteiger partial charge < -0.3 is 14.5 Å². The Morgan fingerprint density at radius 1 is 1.36 bits per heavy atom. The van der Waals surface area contributed by atoms with Crippen molar-refractivity contribution in [2.24, 2.45) is 0 Å². The third kappa shape index (κ3) is 4.18. The Balaban J connectivity index is 1.95. The first-order chi connectivity index (χ1) is 13.4. The summed E-state index contributed by atoms with van der Waals surface area (Å²) in [5.41, 5.74) is 1.17. The molecule has 1 heterocycles. The number of halogens is 3. The van der Waals surface area contributed by atoms with Crippen LogP contribution in [-0.2, 0) is 11.3 Å². The summed E-state index contributed by atoms with van der Waals surface area (Å²) < 4.78 is 32.7. The molecule has 2 aromatic rings. The van der Waals surface area contributed by atoms with Crippen molar-refractivity contribution in [1.82, 2.24) is 4.90 Å². The zero-order chi connectivity index (χ0) is 20.3. The van der Waals surface area contributed by atoms with Crippen LogP contribution in [0.1, 0.15) is 17.5 Å². The SMILES string of the molecule is COC(=O)N1CC[C@@H](N(Cc2cc(F)ccc2F)c2ccc(C#N)c(Cl)c2)C1. The third-order valence-electron chi connectivity index (χ3n) is 4.79. The van der Waals surface area contributed by atoms with Gasteiger partial charge in [-0.3, -0.25) is 0 Å². The van der Waals surface area contributed by atoms with E-state index >= 15 is 0 Å². The number of likely N-dealkylation sites (tertiary alicyclic amines) is 1. The van der Waals surface area contributed by atoms with Gasteiger partial charge in [0.2, 0.25) is 0 Å². The number of carbonyl (C=O) groups is 1. The van der Waals surface area contributed by atoms with Gasteiger partial charge in [0.05, 0.1) is 17.7 Å². The van der Waals surface area contributed by atoms with Gasteiger partial charge in [-0.05, 0) is 42.8 Å². The summed E-state index contributed by atoms with van der Waals surface area (Å²) in [6.07, 6.45) is 0.196. The average molecular weight is 406 g/mol. The maximum Gasteiger partial charge on any atom is 0.409 e. The van der Waals surface area contributed by atoms with E-state index in [9.17, 15) is 13.6 Å². The van der Waals surface area contributed by atoms with E-state index in [0.717, 1.165) is 18.2 Å². The van der Waals surface area contributed by atoms with Crippen LogP contribution in [0.2, 0.25) is 5.02 Å². The molecule has 0 unspecified atom stereocenters. The predicted molar refractivity (Wildman–Crippen MR) is 101 cm³/mol. The number of anilines is 1. The summed E-state index contributed by atoms with van der Waals surface area (Å²) >= 11 is 6.17. The van der Waals surface area contributed by atoms with Gasteiger partial charge in [0.25, 0.3) is 0 Å². The highest BCUT2D eigenvalue weighted by molar-refractivity contribution is 6.32. The van der Waals surface area contributed by atoms with Crippen LogP contribution in [0, 0.1) is 23.0 Å². The normalized spacial score (nSPS) is 16.0. The van der Waals surface area contributed by atoms with E-state index in [2.05, 4.69) is 0 Å². The molecular formula is C20H18ClF2N3O2. The van der Waals surface area contributed by atoms with Crippen molar-refractivity contribution in [2.75, 3.05) is 25.1 Å². The van der Waals surface area contributed by atoms with Crippen molar-refractivity contribution in [2.45, 2.75) is 19.0 Å². The molecule has 28 heavy (non-hydrogen) atoms. The molecule has 0 aromatic heterocycles. The van der Waals surface area contributed by atoms with Gasteiger partial charge in [0.1, 0.15) is 17.7 Å². The molecule has 1 aliphatic heterocycles. The van der Waals surface area contributed by atoms with Crippen LogP contribution in [0.3, 0.4) is 0 Å². The highest BCUT2D eigenvalue weighted by atomic mass is 35.5. The van der Waals surface area contributed by atoms with Gasteiger partial charge >= 0.3 is 6.09 Å². The molecular weight excluding hydrogens is 388 g/mol. The van der Waals surface area contributed by atoms with Crippen LogP contribution in [0.4, 0.5) is 19.3 Å². The minimum absolute atomic E-state index is 0.0888. The number of hydrogen-bond donors (Lipinski definition) is 0. The first-order valence-corrected chi connectivity index (χ1v) is 9.04. The molecule has 1 saturated heterocycles. The van der Waals surface area contributed by atoms with E-state index in [1.54, 1.807) is 23.1 Å². The largest absolute Gasteiger partial charge is 0.453 e. The van der Waals surface area contributed by atoms with E-state index in [-0.39, 0.29) is 23.2 Å². The van der Waals surface area contributed by atoms with Crippen molar-refractivity contribution in [3.05, 3.63) is 64.2 Å². The summed E-state index contributed by atoms with van der Waals surface area (Å²) in [6, 6.07) is 10.1. The molecule has 1 fully saturated rings. The Kier molecular flexibility index (Phi) is 6.00. The van der Waals surface area contributed by atoms with Gasteiger partial charge in [0.15, 0.2) is 0 Å². The fourth-order valence-electron chi connectivity index (χ4n) is 3.34. The van der Waals surface area contributed by atoms with Crippen molar-refractivity contribution in [3.63, 3.8) is 0 Å². The highest BCUT2D eigenvalue weighted by Crippen LogP contribution is 2.30. The zero-order valence-electron chi connectivity index (χ0n) is 15.2. The molecule has 1 aliphatic rings. The predicted octanol–water partition coefficient (Wildman–Crippen LogP) is 4.34. The van der Waals surface area contributed by atoms with Crippen LogP contribution in [0.25, 0.3) is 0 Å². The lowest BCUT2D eigenvalue weighted by molar-refractivity contribution is 0.132. The Morgan fingerprint density at radius 2 is 2.14 bits per heavy atom. The second-order valence-corrected chi connectivity index (χ2v) is 6.91. The van der Waals surface area contributed by atoms with Gasteiger partial charge in [-0.1, -0.05) is 11.6 Å². The Morgan fingerprint density at radius 3 is 2.82 bits per heavy atom. The number of nitriles is 1. The molecule has 0 saturated carbocycles. The number of methoxy groups -OCH3 is 1. The molecule has 0 bridgehead atoms. The fourth-order valence-corrected chi connectivity index (χ4v) is 3.56. The van der Waals surface area contributed by atoms with Gasteiger partial charge in [-0.2, -0.15) is 5.26 Å². The topological polar surface area (TPSA) is 56.6 Å². The van der Waals surface area contributed by atoms with Crippen molar-refractivity contribution in [1.29, 1.82) is 5.26 Å².